The zero-order chi connectivity index (χ0) is 18.1. The van der Waals surface area contributed by atoms with Crippen LogP contribution in [-0.4, -0.2) is 16.9 Å². The lowest BCUT2D eigenvalue weighted by molar-refractivity contribution is -0.121. The lowest BCUT2D eigenvalue weighted by Crippen LogP contribution is -2.31. The molecule has 2 aromatic carbocycles. The highest BCUT2D eigenvalue weighted by Gasteiger charge is 2.40. The van der Waals surface area contributed by atoms with Crippen LogP contribution in [0, 0.1) is 0 Å². The molecule has 0 saturated heterocycles. The summed E-state index contributed by atoms with van der Waals surface area (Å²) in [6.07, 6.45) is 0. The fourth-order valence-electron chi connectivity index (χ4n) is 2.68. The van der Waals surface area contributed by atoms with Gasteiger partial charge < -0.3 is 9.84 Å². The molecule has 1 N–H and O–H groups in total. The van der Waals surface area contributed by atoms with Crippen LogP contribution in [0.1, 0.15) is 4.88 Å². The van der Waals surface area contributed by atoms with E-state index in [1.807, 2.05) is 30.3 Å². The van der Waals surface area contributed by atoms with Crippen molar-refractivity contribution in [1.29, 1.82) is 0 Å². The van der Waals surface area contributed by atoms with E-state index in [0.717, 1.165) is 4.90 Å². The second-order valence-corrected chi connectivity index (χ2v) is 6.50. The molecule has 4 rings (SSSR count). The van der Waals surface area contributed by atoms with Crippen LogP contribution >= 0.6 is 11.3 Å². The Morgan fingerprint density at radius 2 is 1.50 bits per heavy atom. The summed E-state index contributed by atoms with van der Waals surface area (Å²) < 4.78 is 5.70. The fraction of sp³-hybridized carbons (Fsp3) is 0. The number of hydrogen-bond acceptors (Lipinski definition) is 5. The summed E-state index contributed by atoms with van der Waals surface area (Å²) in [4.78, 5) is 26.6. The van der Waals surface area contributed by atoms with Gasteiger partial charge in [0.25, 0.3) is 5.91 Å². The highest BCUT2D eigenvalue weighted by Crippen LogP contribution is 2.34. The van der Waals surface area contributed by atoms with E-state index in [1.165, 1.54) is 11.3 Å². The smallest absolute Gasteiger partial charge is 0.301 e. The molecule has 1 aromatic heterocycles. The van der Waals surface area contributed by atoms with Gasteiger partial charge in [-0.05, 0) is 47.8 Å². The molecule has 26 heavy (non-hydrogen) atoms. The highest BCUT2D eigenvalue weighted by molar-refractivity contribution is 7.11. The zero-order valence-corrected chi connectivity index (χ0v) is 14.3. The Labute approximate surface area is 153 Å². The third-order valence-electron chi connectivity index (χ3n) is 3.90. The van der Waals surface area contributed by atoms with E-state index in [4.69, 9.17) is 4.74 Å². The summed E-state index contributed by atoms with van der Waals surface area (Å²) in [5.74, 6) is -0.522. The fourth-order valence-corrected chi connectivity index (χ4v) is 3.45. The topological polar surface area (TPSA) is 66.8 Å². The van der Waals surface area contributed by atoms with E-state index in [-0.39, 0.29) is 5.57 Å². The van der Waals surface area contributed by atoms with E-state index in [0.29, 0.717) is 22.1 Å². The van der Waals surface area contributed by atoms with Crippen LogP contribution in [0.15, 0.2) is 77.9 Å². The van der Waals surface area contributed by atoms with Crippen molar-refractivity contribution in [3.63, 3.8) is 0 Å². The molecular formula is C20H13NO4S. The number of carbonyl (C=O) groups excluding carboxylic acids is 2. The number of amides is 2. The number of rotatable bonds is 4. The van der Waals surface area contributed by atoms with Gasteiger partial charge in [0.15, 0.2) is 5.76 Å². The minimum absolute atomic E-state index is 0.0367. The summed E-state index contributed by atoms with van der Waals surface area (Å²) in [7, 11) is 0. The first kappa shape index (κ1) is 16.1. The van der Waals surface area contributed by atoms with Crippen molar-refractivity contribution in [2.24, 2.45) is 0 Å². The molecule has 1 aliphatic rings. The lowest BCUT2D eigenvalue weighted by atomic mass is 10.2. The molecule has 0 fully saturated rings. The molecule has 0 radical (unpaired) electrons. The number of nitrogens with zero attached hydrogens (tertiary/aromatic N) is 1. The van der Waals surface area contributed by atoms with Crippen LogP contribution in [0.2, 0.25) is 0 Å². The molecule has 0 atom stereocenters. The van der Waals surface area contributed by atoms with E-state index in [9.17, 15) is 14.7 Å². The third kappa shape index (κ3) is 2.76. The first-order chi connectivity index (χ1) is 12.6. The average molecular weight is 363 g/mol. The van der Waals surface area contributed by atoms with E-state index in [1.54, 1.807) is 41.8 Å². The second kappa shape index (κ2) is 6.50. The van der Waals surface area contributed by atoms with Crippen molar-refractivity contribution in [1.82, 2.24) is 0 Å². The predicted octanol–water partition coefficient (Wildman–Crippen LogP) is 4.38. The maximum Gasteiger partial charge on any atom is 0.301 e. The number of benzene rings is 2. The number of hydrogen-bond donors (Lipinski definition) is 1. The van der Waals surface area contributed by atoms with Gasteiger partial charge in [-0.3, -0.25) is 9.59 Å². The quantitative estimate of drug-likeness (QED) is 0.699. The summed E-state index contributed by atoms with van der Waals surface area (Å²) in [5.41, 5.74) is 0.410. The Hall–Kier alpha value is -3.38. The van der Waals surface area contributed by atoms with Gasteiger partial charge in [0.05, 0.1) is 5.69 Å². The standard InChI is InChI=1S/C20H13NO4S/c22-18-17(16-7-4-12-26-16)19(23)21(20(18)24)13-8-10-15(11-9-13)25-14-5-2-1-3-6-14/h1-12,22H. The van der Waals surface area contributed by atoms with Gasteiger partial charge in [-0.1, -0.05) is 24.3 Å². The summed E-state index contributed by atoms with van der Waals surface area (Å²) in [6, 6.07) is 19.3. The van der Waals surface area contributed by atoms with Gasteiger partial charge in [-0.15, -0.1) is 11.3 Å². The molecule has 0 unspecified atom stereocenters. The lowest BCUT2D eigenvalue weighted by Gasteiger charge is -2.15. The Morgan fingerprint density at radius 1 is 0.808 bits per heavy atom. The normalized spacial score (nSPS) is 14.2. The Balaban J connectivity index is 1.59. The number of thiophene rings is 1. The van der Waals surface area contributed by atoms with E-state index in [2.05, 4.69) is 0 Å². The van der Waals surface area contributed by atoms with Gasteiger partial charge in [0.1, 0.15) is 17.1 Å². The van der Waals surface area contributed by atoms with Crippen molar-refractivity contribution in [3.05, 3.63) is 82.7 Å². The van der Waals surface area contributed by atoms with Gasteiger partial charge >= 0.3 is 5.91 Å². The van der Waals surface area contributed by atoms with Crippen molar-refractivity contribution < 1.29 is 19.4 Å². The van der Waals surface area contributed by atoms with Crippen LogP contribution in [0.4, 0.5) is 5.69 Å². The summed E-state index contributed by atoms with van der Waals surface area (Å²) in [5, 5.41) is 11.9. The summed E-state index contributed by atoms with van der Waals surface area (Å²) >= 11 is 1.29. The SMILES string of the molecule is O=C1C(O)=C(c2cccs2)C(=O)N1c1ccc(Oc2ccccc2)cc1. The first-order valence-corrected chi connectivity index (χ1v) is 8.72. The van der Waals surface area contributed by atoms with Crippen molar-refractivity contribution in [3.8, 4) is 11.5 Å². The van der Waals surface area contributed by atoms with Crippen molar-refractivity contribution in [2.45, 2.75) is 0 Å². The number of anilines is 1. The molecule has 0 bridgehead atoms. The molecule has 5 nitrogen and oxygen atoms in total. The van der Waals surface area contributed by atoms with Crippen LogP contribution in [0.25, 0.3) is 5.57 Å². The number of ether oxygens (including phenoxy) is 1. The van der Waals surface area contributed by atoms with Gasteiger partial charge in [0, 0.05) is 4.88 Å². The minimum atomic E-state index is -0.727. The average Bonchev–Trinajstić information content (AvgIpc) is 3.25. The Morgan fingerprint density at radius 3 is 2.15 bits per heavy atom. The Kier molecular flexibility index (Phi) is 4.02. The van der Waals surface area contributed by atoms with E-state index < -0.39 is 17.6 Å². The first-order valence-electron chi connectivity index (χ1n) is 7.84. The number of carbonyl (C=O) groups is 2. The molecular weight excluding hydrogens is 350 g/mol. The van der Waals surface area contributed by atoms with Gasteiger partial charge in [-0.2, -0.15) is 0 Å². The zero-order valence-electron chi connectivity index (χ0n) is 13.5. The number of para-hydroxylation sites is 1. The van der Waals surface area contributed by atoms with E-state index >= 15 is 0 Å². The monoisotopic (exact) mass is 363 g/mol. The summed E-state index contributed by atoms with van der Waals surface area (Å²) in [6.45, 7) is 0. The maximum absolute atomic E-state index is 12.7. The van der Waals surface area contributed by atoms with Crippen molar-refractivity contribution >= 4 is 34.4 Å². The highest BCUT2D eigenvalue weighted by atomic mass is 32.1. The molecule has 1 aliphatic heterocycles. The van der Waals surface area contributed by atoms with Gasteiger partial charge in [-0.25, -0.2) is 4.90 Å². The van der Waals surface area contributed by atoms with Crippen molar-refractivity contribution in [2.75, 3.05) is 4.90 Å². The molecule has 6 heteroatoms. The molecule has 128 valence electrons. The molecule has 0 spiro atoms. The van der Waals surface area contributed by atoms with Crippen LogP contribution < -0.4 is 9.64 Å². The Bertz CT molecular complexity index is 992. The molecule has 3 aromatic rings. The predicted molar refractivity (Wildman–Crippen MR) is 99.3 cm³/mol. The second-order valence-electron chi connectivity index (χ2n) is 5.56. The van der Waals surface area contributed by atoms with Gasteiger partial charge in [0.2, 0.25) is 0 Å². The number of aliphatic hydroxyl groups excluding tert-OH is 1. The number of imide groups is 1. The molecule has 2 heterocycles. The third-order valence-corrected chi connectivity index (χ3v) is 4.79. The van der Waals surface area contributed by atoms with Crippen LogP contribution in [0.3, 0.4) is 0 Å². The minimum Gasteiger partial charge on any atom is -0.502 e. The van der Waals surface area contributed by atoms with Crippen LogP contribution in [-0.2, 0) is 9.59 Å². The van der Waals surface area contributed by atoms with Crippen LogP contribution in [0.5, 0.6) is 11.5 Å². The number of aliphatic hydroxyl groups is 1. The maximum atomic E-state index is 12.7. The molecule has 2 amide bonds. The molecule has 0 saturated carbocycles. The largest absolute Gasteiger partial charge is 0.502 e. The molecule has 0 aliphatic carbocycles.